The number of rotatable bonds is 6. The first-order chi connectivity index (χ1) is 12.4. The van der Waals surface area contributed by atoms with Crippen LogP contribution in [0.1, 0.15) is 48.0 Å². The Hall–Kier alpha value is -1.93. The summed E-state index contributed by atoms with van der Waals surface area (Å²) in [7, 11) is -3.60. The molecule has 8 heteroatoms. The van der Waals surface area contributed by atoms with Crippen LogP contribution in [0.2, 0.25) is 0 Å². The largest absolute Gasteiger partial charge is 0.352 e. The molecule has 0 bridgehead atoms. The molecule has 0 spiro atoms. The molecule has 7 nitrogen and oxygen atoms in total. The minimum Gasteiger partial charge on any atom is -0.352 e. The first kappa shape index (κ1) is 18.8. The summed E-state index contributed by atoms with van der Waals surface area (Å²) < 4.78 is 27.1. The summed E-state index contributed by atoms with van der Waals surface area (Å²) in [6, 6.07) is 4.82. The highest BCUT2D eigenvalue weighted by Crippen LogP contribution is 2.23. The smallest absolute Gasteiger partial charge is 0.252 e. The Labute approximate surface area is 154 Å². The van der Waals surface area contributed by atoms with Crippen molar-refractivity contribution in [2.75, 3.05) is 19.6 Å². The number of hydrogen-bond acceptors (Lipinski definition) is 4. The van der Waals surface area contributed by atoms with Gasteiger partial charge in [-0.1, -0.05) is 12.5 Å². The van der Waals surface area contributed by atoms with Gasteiger partial charge in [-0.25, -0.2) is 8.42 Å². The Kier molecular flexibility index (Phi) is 5.62. The number of carbonyl (C=O) groups excluding carboxylic acids is 2. The van der Waals surface area contributed by atoms with E-state index < -0.39 is 15.9 Å². The number of carbonyl (C=O) groups is 2. The van der Waals surface area contributed by atoms with Crippen LogP contribution in [-0.2, 0) is 14.8 Å². The normalized spacial score (nSPS) is 18.3. The summed E-state index contributed by atoms with van der Waals surface area (Å²) >= 11 is 0. The molecule has 2 fully saturated rings. The minimum absolute atomic E-state index is 0.113. The van der Waals surface area contributed by atoms with Crippen molar-refractivity contribution in [1.82, 2.24) is 14.9 Å². The molecule has 1 aliphatic carbocycles. The first-order valence-corrected chi connectivity index (χ1v) is 10.5. The number of benzene rings is 1. The molecule has 1 heterocycles. The monoisotopic (exact) mass is 379 g/mol. The van der Waals surface area contributed by atoms with E-state index in [1.54, 1.807) is 13.0 Å². The summed E-state index contributed by atoms with van der Waals surface area (Å²) in [5, 5.41) is 5.37. The molecule has 2 N–H and O–H groups in total. The van der Waals surface area contributed by atoms with E-state index in [0.717, 1.165) is 32.1 Å². The van der Waals surface area contributed by atoms with Crippen LogP contribution in [0, 0.1) is 6.92 Å². The number of amides is 2. The van der Waals surface area contributed by atoms with E-state index in [2.05, 4.69) is 10.6 Å². The van der Waals surface area contributed by atoms with Crippen LogP contribution in [0.15, 0.2) is 23.1 Å². The molecule has 1 aliphatic heterocycles. The van der Waals surface area contributed by atoms with E-state index in [0.29, 0.717) is 18.7 Å². The predicted octanol–water partition coefficient (Wildman–Crippen LogP) is 1.18. The summed E-state index contributed by atoms with van der Waals surface area (Å²) in [5.74, 6) is -0.667. The van der Waals surface area contributed by atoms with Crippen molar-refractivity contribution in [2.24, 2.45) is 0 Å². The fourth-order valence-corrected chi connectivity index (χ4v) is 4.57. The van der Waals surface area contributed by atoms with Gasteiger partial charge < -0.3 is 10.6 Å². The van der Waals surface area contributed by atoms with Crippen LogP contribution < -0.4 is 10.6 Å². The Morgan fingerprint density at radius 1 is 1.15 bits per heavy atom. The number of hydrogen-bond donors (Lipinski definition) is 2. The van der Waals surface area contributed by atoms with E-state index in [4.69, 9.17) is 0 Å². The number of aryl methyl sites for hydroxylation is 1. The molecule has 142 valence electrons. The topological polar surface area (TPSA) is 95.6 Å². The third-order valence-corrected chi connectivity index (χ3v) is 6.65. The number of piperidine rings is 1. The summed E-state index contributed by atoms with van der Waals surface area (Å²) in [6.45, 7) is 2.66. The van der Waals surface area contributed by atoms with Gasteiger partial charge in [-0.3, -0.25) is 9.59 Å². The van der Waals surface area contributed by atoms with Crippen molar-refractivity contribution in [3.63, 3.8) is 0 Å². The lowest BCUT2D eigenvalue weighted by Gasteiger charge is -2.26. The standard InChI is InChI=1S/C18H25N3O4S/c1-13-5-8-15(26(24,25)21-9-3-2-4-10-21)11-16(13)18(23)19-12-17(22)20-14-6-7-14/h5,8,11,14H,2-4,6-7,9-10,12H2,1H3,(H,19,23)(H,20,22). The molecule has 26 heavy (non-hydrogen) atoms. The van der Waals surface area contributed by atoms with E-state index >= 15 is 0 Å². The molecule has 0 radical (unpaired) electrons. The van der Waals surface area contributed by atoms with Crippen molar-refractivity contribution in [3.8, 4) is 0 Å². The average Bonchev–Trinajstić information content (AvgIpc) is 3.44. The molecular formula is C18H25N3O4S. The Morgan fingerprint density at radius 2 is 1.85 bits per heavy atom. The third-order valence-electron chi connectivity index (χ3n) is 4.76. The van der Waals surface area contributed by atoms with Gasteiger partial charge in [-0.15, -0.1) is 0 Å². The van der Waals surface area contributed by atoms with Crippen LogP contribution in [0.3, 0.4) is 0 Å². The number of nitrogens with zero attached hydrogens (tertiary/aromatic N) is 1. The zero-order valence-electron chi connectivity index (χ0n) is 15.0. The fourth-order valence-electron chi connectivity index (χ4n) is 3.02. The highest BCUT2D eigenvalue weighted by Gasteiger charge is 2.27. The fraction of sp³-hybridized carbons (Fsp3) is 0.556. The number of sulfonamides is 1. The van der Waals surface area contributed by atoms with Crippen molar-refractivity contribution >= 4 is 21.8 Å². The zero-order valence-corrected chi connectivity index (χ0v) is 15.8. The highest BCUT2D eigenvalue weighted by molar-refractivity contribution is 7.89. The number of nitrogens with one attached hydrogen (secondary N) is 2. The van der Waals surface area contributed by atoms with Crippen molar-refractivity contribution in [3.05, 3.63) is 29.3 Å². The van der Waals surface area contributed by atoms with Crippen LogP contribution in [0.25, 0.3) is 0 Å². The lowest BCUT2D eigenvalue weighted by molar-refractivity contribution is -0.120. The van der Waals surface area contributed by atoms with Crippen LogP contribution >= 0.6 is 0 Å². The maximum absolute atomic E-state index is 12.8. The van der Waals surface area contributed by atoms with Crippen LogP contribution in [-0.4, -0.2) is 50.2 Å². The van der Waals surface area contributed by atoms with Crippen LogP contribution in [0.5, 0.6) is 0 Å². The van der Waals surface area contributed by atoms with Crippen molar-refractivity contribution in [2.45, 2.75) is 50.0 Å². The van der Waals surface area contributed by atoms with Gasteiger partial charge in [0.05, 0.1) is 11.4 Å². The summed E-state index contributed by atoms with van der Waals surface area (Å²) in [4.78, 5) is 24.3. The maximum atomic E-state index is 12.8. The Bertz CT molecular complexity index is 797. The maximum Gasteiger partial charge on any atom is 0.252 e. The minimum atomic E-state index is -3.60. The SMILES string of the molecule is Cc1ccc(S(=O)(=O)N2CCCCC2)cc1C(=O)NCC(=O)NC1CC1. The predicted molar refractivity (Wildman–Crippen MR) is 97.3 cm³/mol. The van der Waals surface area contributed by atoms with Gasteiger partial charge in [-0.2, -0.15) is 4.31 Å². The molecule has 2 aliphatic rings. The average molecular weight is 379 g/mol. The van der Waals surface area contributed by atoms with Gasteiger partial charge in [-0.05, 0) is 50.3 Å². The van der Waals surface area contributed by atoms with E-state index in [9.17, 15) is 18.0 Å². The first-order valence-electron chi connectivity index (χ1n) is 9.06. The molecular weight excluding hydrogens is 354 g/mol. The van der Waals surface area contributed by atoms with Gasteiger partial charge in [0.25, 0.3) is 5.91 Å². The Morgan fingerprint density at radius 3 is 2.50 bits per heavy atom. The second-order valence-electron chi connectivity index (χ2n) is 6.97. The molecule has 0 unspecified atom stereocenters. The molecule has 0 aromatic heterocycles. The van der Waals surface area contributed by atoms with Gasteiger partial charge in [0.1, 0.15) is 0 Å². The van der Waals surface area contributed by atoms with Crippen molar-refractivity contribution in [1.29, 1.82) is 0 Å². The van der Waals surface area contributed by atoms with Crippen LogP contribution in [0.4, 0.5) is 0 Å². The highest BCUT2D eigenvalue weighted by atomic mass is 32.2. The summed E-state index contributed by atoms with van der Waals surface area (Å²) in [6.07, 6.45) is 4.71. The lowest BCUT2D eigenvalue weighted by atomic mass is 10.1. The van der Waals surface area contributed by atoms with E-state index in [1.165, 1.54) is 16.4 Å². The molecule has 0 atom stereocenters. The molecule has 1 aromatic carbocycles. The lowest BCUT2D eigenvalue weighted by Crippen LogP contribution is -2.38. The third kappa shape index (κ3) is 4.42. The summed E-state index contributed by atoms with van der Waals surface area (Å²) in [5.41, 5.74) is 0.949. The van der Waals surface area contributed by atoms with Gasteiger partial charge in [0.2, 0.25) is 15.9 Å². The molecule has 1 aromatic rings. The second kappa shape index (κ2) is 7.75. The zero-order chi connectivity index (χ0) is 18.7. The van der Waals surface area contributed by atoms with E-state index in [-0.39, 0.29) is 29.0 Å². The van der Waals surface area contributed by atoms with E-state index in [1.807, 2.05) is 0 Å². The van der Waals surface area contributed by atoms with Crippen molar-refractivity contribution < 1.29 is 18.0 Å². The second-order valence-corrected chi connectivity index (χ2v) is 8.90. The van der Waals surface area contributed by atoms with Gasteiger partial charge >= 0.3 is 0 Å². The van der Waals surface area contributed by atoms with Gasteiger partial charge in [0.15, 0.2) is 0 Å². The molecule has 1 saturated heterocycles. The molecule has 2 amide bonds. The Balaban J connectivity index is 1.71. The molecule has 1 saturated carbocycles. The quantitative estimate of drug-likeness (QED) is 0.776. The van der Waals surface area contributed by atoms with Gasteiger partial charge in [0, 0.05) is 24.7 Å². The molecule has 3 rings (SSSR count).